The number of hydrogen-bond donors (Lipinski definition) is 1. The lowest BCUT2D eigenvalue weighted by Gasteiger charge is -2.28. The van der Waals surface area contributed by atoms with Crippen LogP contribution >= 0.6 is 23.1 Å². The minimum atomic E-state index is -3.63. The Bertz CT molecular complexity index is 835. The largest absolute Gasteiger partial charge is 0.299 e. The smallest absolute Gasteiger partial charge is 0.249 e. The number of aryl methyl sites for hydroxylation is 1. The lowest BCUT2D eigenvalue weighted by atomic mass is 10.2. The fraction of sp³-hybridized carbons (Fsp3) is 0.357. The van der Waals surface area contributed by atoms with Gasteiger partial charge in [0.2, 0.25) is 21.1 Å². The van der Waals surface area contributed by atoms with Crippen LogP contribution in [0.5, 0.6) is 0 Å². The van der Waals surface area contributed by atoms with Crippen molar-refractivity contribution < 1.29 is 13.2 Å². The zero-order valence-electron chi connectivity index (χ0n) is 13.7. The van der Waals surface area contributed by atoms with E-state index in [1.807, 2.05) is 19.2 Å². The minimum absolute atomic E-state index is 0.342. The number of nitrogens with one attached hydrogen (secondary N) is 1. The highest BCUT2D eigenvalue weighted by atomic mass is 32.2. The van der Waals surface area contributed by atoms with Crippen LogP contribution in [0.4, 0.5) is 10.8 Å². The Morgan fingerprint density at radius 3 is 2.62 bits per heavy atom. The molecule has 7 nitrogen and oxygen atoms in total. The quantitative estimate of drug-likeness (QED) is 0.605. The lowest BCUT2D eigenvalue weighted by Crippen LogP contribution is -2.45. The average Bonchev–Trinajstić information content (AvgIpc) is 2.93. The highest BCUT2D eigenvalue weighted by molar-refractivity contribution is 8.00. The molecule has 0 saturated heterocycles. The van der Waals surface area contributed by atoms with E-state index in [2.05, 4.69) is 15.5 Å². The van der Waals surface area contributed by atoms with Crippen LogP contribution in [0.1, 0.15) is 12.5 Å². The molecule has 2 aromatic rings. The predicted octanol–water partition coefficient (Wildman–Crippen LogP) is 2.36. The third-order valence-electron chi connectivity index (χ3n) is 3.16. The number of hydrogen-bond acceptors (Lipinski definition) is 7. The highest BCUT2D eigenvalue weighted by Gasteiger charge is 2.29. The first-order valence-electron chi connectivity index (χ1n) is 6.97. The number of benzene rings is 1. The summed E-state index contributed by atoms with van der Waals surface area (Å²) in [6, 6.07) is 6.07. The molecule has 0 spiro atoms. The predicted molar refractivity (Wildman–Crippen MR) is 98.3 cm³/mol. The van der Waals surface area contributed by atoms with E-state index in [4.69, 9.17) is 0 Å². The number of amides is 1. The van der Waals surface area contributed by atoms with Gasteiger partial charge in [-0.15, -0.1) is 10.2 Å². The molecule has 1 amide bonds. The Labute approximate surface area is 149 Å². The molecule has 1 atom stereocenters. The van der Waals surface area contributed by atoms with E-state index in [0.29, 0.717) is 10.8 Å². The zero-order chi connectivity index (χ0) is 17.9. The fourth-order valence-electron chi connectivity index (χ4n) is 2.13. The van der Waals surface area contributed by atoms with Crippen molar-refractivity contribution in [3.05, 3.63) is 29.8 Å². The highest BCUT2D eigenvalue weighted by Crippen LogP contribution is 2.25. The van der Waals surface area contributed by atoms with E-state index in [9.17, 15) is 13.2 Å². The number of rotatable bonds is 6. The molecule has 0 unspecified atom stereocenters. The summed E-state index contributed by atoms with van der Waals surface area (Å²) in [6.07, 6.45) is 2.94. The van der Waals surface area contributed by atoms with Crippen LogP contribution in [0, 0.1) is 6.92 Å². The second-order valence-electron chi connectivity index (χ2n) is 5.14. The van der Waals surface area contributed by atoms with Crippen LogP contribution in [-0.2, 0) is 14.8 Å². The first kappa shape index (κ1) is 18.7. The summed E-state index contributed by atoms with van der Waals surface area (Å²) < 4.78 is 26.2. The van der Waals surface area contributed by atoms with E-state index in [1.54, 1.807) is 18.2 Å². The molecule has 130 valence electrons. The Morgan fingerprint density at radius 2 is 2.08 bits per heavy atom. The molecule has 0 radical (unpaired) electrons. The number of nitrogens with zero attached hydrogens (tertiary/aromatic N) is 3. The maximum atomic E-state index is 12.5. The number of carbonyl (C=O) groups is 1. The summed E-state index contributed by atoms with van der Waals surface area (Å²) >= 11 is 2.66. The van der Waals surface area contributed by atoms with Crippen LogP contribution in [-0.4, -0.2) is 43.1 Å². The summed E-state index contributed by atoms with van der Waals surface area (Å²) in [5.41, 5.74) is 1.35. The summed E-state index contributed by atoms with van der Waals surface area (Å²) in [6.45, 7) is 3.40. The molecule has 1 heterocycles. The standard InChI is InChI=1S/C14H18N4O3S3/c1-9-6-5-7-11(8-9)18(24(4,20)21)10(2)12(19)15-13-16-17-14(22-3)23-13/h5-8,10H,1-4H3,(H,15,16,19)/t10-/m1/s1. The van der Waals surface area contributed by atoms with Gasteiger partial charge in [0.1, 0.15) is 6.04 Å². The van der Waals surface area contributed by atoms with E-state index < -0.39 is 22.0 Å². The van der Waals surface area contributed by atoms with E-state index in [-0.39, 0.29) is 0 Å². The van der Waals surface area contributed by atoms with Crippen molar-refractivity contribution in [1.82, 2.24) is 10.2 Å². The number of sulfonamides is 1. The second kappa shape index (κ2) is 7.49. The van der Waals surface area contributed by atoms with Crippen molar-refractivity contribution >= 4 is 49.8 Å². The molecule has 10 heteroatoms. The average molecular weight is 387 g/mol. The molecule has 2 rings (SSSR count). The number of thioether (sulfide) groups is 1. The van der Waals surface area contributed by atoms with E-state index in [1.165, 1.54) is 30.0 Å². The van der Waals surface area contributed by atoms with Crippen LogP contribution in [0.3, 0.4) is 0 Å². The molecule has 24 heavy (non-hydrogen) atoms. The molecule has 1 aromatic heterocycles. The summed E-state index contributed by atoms with van der Waals surface area (Å²) in [5.74, 6) is -0.467. The summed E-state index contributed by atoms with van der Waals surface area (Å²) in [4.78, 5) is 12.5. The van der Waals surface area contributed by atoms with Gasteiger partial charge in [0.05, 0.1) is 11.9 Å². The summed E-state index contributed by atoms with van der Waals surface area (Å²) in [7, 11) is -3.63. The van der Waals surface area contributed by atoms with Crippen LogP contribution in [0.15, 0.2) is 28.6 Å². The van der Waals surface area contributed by atoms with Crippen molar-refractivity contribution in [3.8, 4) is 0 Å². The van der Waals surface area contributed by atoms with Crippen molar-refractivity contribution in [3.63, 3.8) is 0 Å². The van der Waals surface area contributed by atoms with Gasteiger partial charge >= 0.3 is 0 Å². The maximum absolute atomic E-state index is 12.5. The zero-order valence-corrected chi connectivity index (χ0v) is 16.1. The first-order valence-corrected chi connectivity index (χ1v) is 10.9. The van der Waals surface area contributed by atoms with Gasteiger partial charge < -0.3 is 0 Å². The Balaban J connectivity index is 2.27. The SMILES string of the molecule is CSc1nnc(NC(=O)[C@@H](C)N(c2cccc(C)c2)S(C)(=O)=O)s1. The topological polar surface area (TPSA) is 92.3 Å². The van der Waals surface area contributed by atoms with Crippen molar-refractivity contribution in [1.29, 1.82) is 0 Å². The number of aromatic nitrogens is 2. The van der Waals surface area contributed by atoms with Gasteiger partial charge in [0.25, 0.3) is 0 Å². The van der Waals surface area contributed by atoms with Crippen LogP contribution < -0.4 is 9.62 Å². The van der Waals surface area contributed by atoms with Crippen LogP contribution in [0.25, 0.3) is 0 Å². The third-order valence-corrected chi connectivity index (χ3v) is 6.21. The van der Waals surface area contributed by atoms with Gasteiger partial charge in [-0.1, -0.05) is 35.2 Å². The molecule has 1 N–H and O–H groups in total. The molecule has 1 aromatic carbocycles. The van der Waals surface area contributed by atoms with E-state index >= 15 is 0 Å². The van der Waals surface area contributed by atoms with Gasteiger partial charge in [0, 0.05) is 0 Å². The normalized spacial score (nSPS) is 12.7. The third kappa shape index (κ3) is 4.46. The van der Waals surface area contributed by atoms with Crippen molar-refractivity contribution in [2.75, 3.05) is 22.1 Å². The van der Waals surface area contributed by atoms with Crippen molar-refractivity contribution in [2.24, 2.45) is 0 Å². The number of anilines is 2. The monoisotopic (exact) mass is 386 g/mol. The lowest BCUT2D eigenvalue weighted by molar-refractivity contribution is -0.116. The Hall–Kier alpha value is -1.65. The molecular weight excluding hydrogens is 368 g/mol. The van der Waals surface area contributed by atoms with Gasteiger partial charge in [0.15, 0.2) is 4.34 Å². The minimum Gasteiger partial charge on any atom is -0.299 e. The molecule has 0 aliphatic carbocycles. The Kier molecular flexibility index (Phi) is 5.83. The van der Waals surface area contributed by atoms with Crippen LogP contribution in [0.2, 0.25) is 0 Å². The van der Waals surface area contributed by atoms with Gasteiger partial charge in [-0.2, -0.15) is 0 Å². The number of carbonyl (C=O) groups excluding carboxylic acids is 1. The molecule has 0 aliphatic heterocycles. The fourth-order valence-corrected chi connectivity index (χ4v) is 4.47. The molecule has 0 aliphatic rings. The molecule has 0 fully saturated rings. The maximum Gasteiger partial charge on any atom is 0.249 e. The molecule has 0 bridgehead atoms. The van der Waals surface area contributed by atoms with Gasteiger partial charge in [-0.05, 0) is 37.8 Å². The Morgan fingerprint density at radius 1 is 1.38 bits per heavy atom. The van der Waals surface area contributed by atoms with Crippen molar-refractivity contribution in [2.45, 2.75) is 24.2 Å². The molecule has 0 saturated carbocycles. The van der Waals surface area contributed by atoms with Gasteiger partial charge in [-0.3, -0.25) is 14.4 Å². The summed E-state index contributed by atoms with van der Waals surface area (Å²) in [5, 5.41) is 10.7. The van der Waals surface area contributed by atoms with E-state index in [0.717, 1.165) is 20.5 Å². The first-order chi connectivity index (χ1) is 11.2. The second-order valence-corrected chi connectivity index (χ2v) is 9.03. The van der Waals surface area contributed by atoms with Gasteiger partial charge in [-0.25, -0.2) is 8.42 Å². The molecular formula is C14H18N4O3S3.